The monoisotopic (exact) mass is 334 g/mol. The van der Waals surface area contributed by atoms with Gasteiger partial charge in [0.15, 0.2) is 5.82 Å². The Morgan fingerprint density at radius 2 is 2.00 bits per heavy atom. The molecule has 1 amide bonds. The molecule has 0 saturated carbocycles. The van der Waals surface area contributed by atoms with Gasteiger partial charge >= 0.3 is 6.09 Å². The molecule has 122 valence electrons. The van der Waals surface area contributed by atoms with Gasteiger partial charge in [0.1, 0.15) is 10.8 Å². The maximum Gasteiger partial charge on any atom is 0.416 e. The van der Waals surface area contributed by atoms with Gasteiger partial charge in [0.25, 0.3) is 0 Å². The number of carbonyl (C=O) groups is 1. The minimum atomic E-state index is -0.624. The lowest BCUT2D eigenvalue weighted by Gasteiger charge is -2.26. The van der Waals surface area contributed by atoms with E-state index in [4.69, 9.17) is 16.3 Å². The first-order valence-electron chi connectivity index (χ1n) is 7.15. The van der Waals surface area contributed by atoms with Crippen LogP contribution in [0.1, 0.15) is 32.2 Å². The average Bonchev–Trinajstić information content (AvgIpc) is 2.43. The minimum Gasteiger partial charge on any atom is -0.443 e. The molecule has 0 unspecified atom stereocenters. The molecule has 0 aliphatic heterocycles. The van der Waals surface area contributed by atoms with Gasteiger partial charge in [-0.2, -0.15) is 0 Å². The zero-order chi connectivity index (χ0) is 17.0. The van der Waals surface area contributed by atoms with Crippen LogP contribution in [-0.4, -0.2) is 26.6 Å². The molecule has 0 saturated heterocycles. The first kappa shape index (κ1) is 17.1. The molecular weight excluding hydrogens is 316 g/mol. The van der Waals surface area contributed by atoms with Crippen LogP contribution in [0.15, 0.2) is 30.6 Å². The topological polar surface area (TPSA) is 68.2 Å². The lowest BCUT2D eigenvalue weighted by atomic mass is 10.2. The van der Waals surface area contributed by atoms with Gasteiger partial charge < -0.3 is 4.74 Å². The summed E-state index contributed by atoms with van der Waals surface area (Å²) < 4.78 is 5.44. The normalized spacial score (nSPS) is 11.2. The maximum absolute atomic E-state index is 12.5. The number of amides is 1. The molecule has 2 aromatic rings. The summed E-state index contributed by atoms with van der Waals surface area (Å²) in [6.07, 6.45) is 2.34. The van der Waals surface area contributed by atoms with Gasteiger partial charge in [0.2, 0.25) is 0 Å². The average molecular weight is 335 g/mol. The number of pyridine rings is 1. The van der Waals surface area contributed by atoms with Crippen LogP contribution >= 0.6 is 11.6 Å². The van der Waals surface area contributed by atoms with Gasteiger partial charge in [-0.15, -0.1) is 0 Å². The third-order valence-corrected chi connectivity index (χ3v) is 2.93. The number of halogens is 1. The molecule has 0 fully saturated rings. The maximum atomic E-state index is 12.5. The van der Waals surface area contributed by atoms with E-state index in [0.29, 0.717) is 5.82 Å². The highest BCUT2D eigenvalue weighted by Gasteiger charge is 2.25. The number of carbonyl (C=O) groups excluding carboxylic acids is 1. The molecule has 0 bridgehead atoms. The number of anilines is 1. The summed E-state index contributed by atoms with van der Waals surface area (Å²) in [6, 6.07) is 5.61. The Morgan fingerprint density at radius 1 is 1.26 bits per heavy atom. The number of hydrogen-bond donors (Lipinski definition) is 0. The SMILES string of the molecule is Cc1cccc(CN(C(=O)OC(C)(C)C)c2cncc(Cl)n2)n1. The van der Waals surface area contributed by atoms with E-state index in [1.54, 1.807) is 20.8 Å². The summed E-state index contributed by atoms with van der Waals surface area (Å²) >= 11 is 5.89. The quantitative estimate of drug-likeness (QED) is 0.854. The molecule has 0 radical (unpaired) electrons. The van der Waals surface area contributed by atoms with E-state index in [0.717, 1.165) is 11.4 Å². The molecule has 7 heteroatoms. The first-order valence-corrected chi connectivity index (χ1v) is 7.53. The van der Waals surface area contributed by atoms with Crippen molar-refractivity contribution < 1.29 is 9.53 Å². The van der Waals surface area contributed by atoms with Gasteiger partial charge in [0, 0.05) is 5.69 Å². The summed E-state index contributed by atoms with van der Waals surface area (Å²) in [4.78, 5) is 26.4. The molecule has 0 spiro atoms. The van der Waals surface area contributed by atoms with Crippen LogP contribution in [0.4, 0.5) is 10.6 Å². The molecule has 0 atom stereocenters. The van der Waals surface area contributed by atoms with E-state index in [1.165, 1.54) is 17.3 Å². The number of hydrogen-bond acceptors (Lipinski definition) is 5. The van der Waals surface area contributed by atoms with E-state index in [-0.39, 0.29) is 11.7 Å². The Labute approximate surface area is 140 Å². The van der Waals surface area contributed by atoms with E-state index >= 15 is 0 Å². The Hall–Kier alpha value is -2.21. The molecule has 2 heterocycles. The summed E-state index contributed by atoms with van der Waals surface area (Å²) in [5.41, 5.74) is 0.961. The van der Waals surface area contributed by atoms with Gasteiger partial charge in [-0.25, -0.2) is 9.78 Å². The molecule has 2 rings (SSSR count). The first-order chi connectivity index (χ1) is 10.7. The molecule has 23 heavy (non-hydrogen) atoms. The van der Waals surface area contributed by atoms with E-state index in [2.05, 4.69) is 15.0 Å². The van der Waals surface area contributed by atoms with Crippen LogP contribution < -0.4 is 4.90 Å². The highest BCUT2D eigenvalue weighted by Crippen LogP contribution is 2.19. The Kier molecular flexibility index (Phi) is 5.15. The Balaban J connectivity index is 2.33. The fourth-order valence-electron chi connectivity index (χ4n) is 1.87. The zero-order valence-electron chi connectivity index (χ0n) is 13.6. The van der Waals surface area contributed by atoms with Crippen LogP contribution in [0.25, 0.3) is 0 Å². The Morgan fingerprint density at radius 3 is 2.61 bits per heavy atom. The fourth-order valence-corrected chi connectivity index (χ4v) is 2.01. The number of ether oxygens (including phenoxy) is 1. The second kappa shape index (κ2) is 6.91. The predicted octanol–water partition coefficient (Wildman–Crippen LogP) is 3.78. The summed E-state index contributed by atoms with van der Waals surface area (Å²) in [7, 11) is 0. The van der Waals surface area contributed by atoms with Gasteiger partial charge in [-0.05, 0) is 39.8 Å². The van der Waals surface area contributed by atoms with E-state index in [1.807, 2.05) is 25.1 Å². The molecule has 0 aliphatic rings. The minimum absolute atomic E-state index is 0.202. The third kappa shape index (κ3) is 5.17. The fraction of sp³-hybridized carbons (Fsp3) is 0.375. The van der Waals surface area contributed by atoms with Crippen molar-refractivity contribution in [3.8, 4) is 0 Å². The summed E-state index contributed by atoms with van der Waals surface area (Å²) in [5, 5.41) is 0.202. The van der Waals surface area contributed by atoms with Gasteiger partial charge in [-0.1, -0.05) is 17.7 Å². The van der Waals surface area contributed by atoms with Gasteiger partial charge in [-0.3, -0.25) is 14.9 Å². The summed E-state index contributed by atoms with van der Waals surface area (Å²) in [5.74, 6) is 0.315. The van der Waals surface area contributed by atoms with Crippen molar-refractivity contribution in [3.05, 3.63) is 47.1 Å². The lowest BCUT2D eigenvalue weighted by molar-refractivity contribution is 0.0575. The van der Waals surface area contributed by atoms with Crippen molar-refractivity contribution in [2.24, 2.45) is 0 Å². The predicted molar refractivity (Wildman–Crippen MR) is 88.4 cm³/mol. The second-order valence-corrected chi connectivity index (χ2v) is 6.42. The molecule has 0 aliphatic carbocycles. The van der Waals surface area contributed by atoms with Gasteiger partial charge in [0.05, 0.1) is 24.6 Å². The lowest BCUT2D eigenvalue weighted by Crippen LogP contribution is -2.37. The zero-order valence-corrected chi connectivity index (χ0v) is 14.3. The molecule has 6 nitrogen and oxygen atoms in total. The van der Waals surface area contributed by atoms with Crippen molar-refractivity contribution in [3.63, 3.8) is 0 Å². The smallest absolute Gasteiger partial charge is 0.416 e. The molecule has 0 N–H and O–H groups in total. The van der Waals surface area contributed by atoms with Crippen molar-refractivity contribution in [1.82, 2.24) is 15.0 Å². The second-order valence-electron chi connectivity index (χ2n) is 6.04. The largest absolute Gasteiger partial charge is 0.443 e. The molecule has 2 aromatic heterocycles. The van der Waals surface area contributed by atoms with Crippen molar-refractivity contribution in [1.29, 1.82) is 0 Å². The highest BCUT2D eigenvalue weighted by molar-refractivity contribution is 6.29. The van der Waals surface area contributed by atoms with E-state index < -0.39 is 11.7 Å². The van der Waals surface area contributed by atoms with Crippen molar-refractivity contribution in [2.75, 3.05) is 4.90 Å². The molecular formula is C16H19ClN4O2. The number of aryl methyl sites for hydroxylation is 1. The summed E-state index contributed by atoms with van der Waals surface area (Å²) in [6.45, 7) is 7.51. The third-order valence-electron chi connectivity index (χ3n) is 2.75. The number of aromatic nitrogens is 3. The molecule has 0 aromatic carbocycles. The number of rotatable bonds is 3. The van der Waals surface area contributed by atoms with Crippen LogP contribution in [0.2, 0.25) is 5.15 Å². The van der Waals surface area contributed by atoms with Crippen LogP contribution in [0, 0.1) is 6.92 Å². The standard InChI is InChI=1S/C16H19ClN4O2/c1-11-6-5-7-12(19-11)10-21(15(22)23-16(2,3)4)14-9-18-8-13(17)20-14/h5-9H,10H2,1-4H3. The van der Waals surface area contributed by atoms with E-state index in [9.17, 15) is 4.79 Å². The van der Waals surface area contributed by atoms with Crippen LogP contribution in [0.5, 0.6) is 0 Å². The Bertz CT molecular complexity index is 700. The van der Waals surface area contributed by atoms with Crippen LogP contribution in [0.3, 0.4) is 0 Å². The highest BCUT2D eigenvalue weighted by atomic mass is 35.5. The van der Waals surface area contributed by atoms with Crippen molar-refractivity contribution in [2.45, 2.75) is 39.8 Å². The number of nitrogens with zero attached hydrogens (tertiary/aromatic N) is 4. The van der Waals surface area contributed by atoms with Crippen molar-refractivity contribution >= 4 is 23.5 Å². The van der Waals surface area contributed by atoms with Crippen LogP contribution in [-0.2, 0) is 11.3 Å².